The SMILES string of the molecule is O=C(Nc1ccn(Cc2ccccn2)n1)[C@H]1CCC[C@H](C(F)(F)F)C1. The second kappa shape index (κ2) is 7.25. The number of rotatable bonds is 4. The lowest BCUT2D eigenvalue weighted by Gasteiger charge is -2.29. The molecule has 0 radical (unpaired) electrons. The number of nitrogens with one attached hydrogen (secondary N) is 1. The number of hydrogen-bond acceptors (Lipinski definition) is 3. The Bertz CT molecular complexity index is 714. The Balaban J connectivity index is 1.58. The first kappa shape index (κ1) is 17.4. The molecule has 2 aromatic rings. The van der Waals surface area contributed by atoms with Crippen LogP contribution in [0, 0.1) is 11.8 Å². The molecule has 1 N–H and O–H groups in total. The minimum absolute atomic E-state index is 0.103. The van der Waals surface area contributed by atoms with Crippen LogP contribution in [0.25, 0.3) is 0 Å². The van der Waals surface area contributed by atoms with E-state index in [1.54, 1.807) is 23.1 Å². The van der Waals surface area contributed by atoms with Crippen LogP contribution in [0.3, 0.4) is 0 Å². The minimum atomic E-state index is -4.23. The summed E-state index contributed by atoms with van der Waals surface area (Å²) in [5, 5.41) is 6.86. The van der Waals surface area contributed by atoms with Crippen molar-refractivity contribution in [1.29, 1.82) is 0 Å². The Morgan fingerprint density at radius 1 is 1.28 bits per heavy atom. The highest BCUT2D eigenvalue weighted by Crippen LogP contribution is 2.40. The van der Waals surface area contributed by atoms with Crippen LogP contribution in [-0.2, 0) is 11.3 Å². The largest absolute Gasteiger partial charge is 0.391 e. The Hall–Kier alpha value is -2.38. The molecule has 2 aromatic heterocycles. The average Bonchev–Trinajstić information content (AvgIpc) is 3.02. The number of amides is 1. The molecule has 1 saturated carbocycles. The average molecular weight is 352 g/mol. The number of hydrogen-bond donors (Lipinski definition) is 1. The lowest BCUT2D eigenvalue weighted by molar-refractivity contribution is -0.185. The number of carbonyl (C=O) groups is 1. The third kappa shape index (κ3) is 4.58. The van der Waals surface area contributed by atoms with Crippen molar-refractivity contribution >= 4 is 11.7 Å². The van der Waals surface area contributed by atoms with E-state index < -0.39 is 23.9 Å². The van der Waals surface area contributed by atoms with E-state index >= 15 is 0 Å². The van der Waals surface area contributed by atoms with Crippen molar-refractivity contribution in [3.05, 3.63) is 42.4 Å². The second-order valence-electron chi connectivity index (χ2n) is 6.31. The lowest BCUT2D eigenvalue weighted by Crippen LogP contribution is -2.34. The quantitative estimate of drug-likeness (QED) is 0.914. The van der Waals surface area contributed by atoms with Crippen molar-refractivity contribution in [2.75, 3.05) is 5.32 Å². The standard InChI is InChI=1S/C17H19F3N4O/c18-17(19,20)13-5-3-4-12(10-13)16(25)22-15-7-9-24(23-15)11-14-6-1-2-8-21-14/h1-2,6-9,12-13H,3-5,10-11H2,(H,22,23,25)/t12-,13-/m0/s1. The normalized spacial score (nSPS) is 21.1. The van der Waals surface area contributed by atoms with Gasteiger partial charge in [-0.05, 0) is 31.4 Å². The molecule has 1 aliphatic rings. The number of aromatic nitrogens is 3. The maximum absolute atomic E-state index is 12.9. The number of carbonyl (C=O) groups excluding carboxylic acids is 1. The van der Waals surface area contributed by atoms with Crippen LogP contribution in [0.4, 0.5) is 19.0 Å². The van der Waals surface area contributed by atoms with Gasteiger partial charge in [-0.1, -0.05) is 12.5 Å². The van der Waals surface area contributed by atoms with Gasteiger partial charge in [-0.25, -0.2) is 0 Å². The molecule has 1 aliphatic carbocycles. The van der Waals surface area contributed by atoms with Crippen molar-refractivity contribution in [2.24, 2.45) is 11.8 Å². The zero-order valence-electron chi connectivity index (χ0n) is 13.5. The molecule has 5 nitrogen and oxygen atoms in total. The molecule has 1 fully saturated rings. The molecule has 0 bridgehead atoms. The number of halogens is 3. The first-order chi connectivity index (χ1) is 11.9. The van der Waals surface area contributed by atoms with E-state index in [0.717, 1.165) is 5.69 Å². The first-order valence-electron chi connectivity index (χ1n) is 8.23. The van der Waals surface area contributed by atoms with Crippen molar-refractivity contribution in [3.8, 4) is 0 Å². The maximum Gasteiger partial charge on any atom is 0.391 e. The fourth-order valence-electron chi connectivity index (χ4n) is 3.13. The molecule has 25 heavy (non-hydrogen) atoms. The van der Waals surface area contributed by atoms with Crippen LogP contribution in [0.2, 0.25) is 0 Å². The summed E-state index contributed by atoms with van der Waals surface area (Å²) in [7, 11) is 0. The fourth-order valence-corrected chi connectivity index (χ4v) is 3.13. The molecule has 3 rings (SSSR count). The first-order valence-corrected chi connectivity index (χ1v) is 8.23. The molecular weight excluding hydrogens is 333 g/mol. The monoisotopic (exact) mass is 352 g/mol. The van der Waals surface area contributed by atoms with E-state index in [2.05, 4.69) is 15.4 Å². The zero-order chi connectivity index (χ0) is 17.9. The van der Waals surface area contributed by atoms with Gasteiger partial charge in [0.15, 0.2) is 5.82 Å². The summed E-state index contributed by atoms with van der Waals surface area (Å²) in [6.45, 7) is 0.455. The molecule has 1 amide bonds. The zero-order valence-corrected chi connectivity index (χ0v) is 13.5. The van der Waals surface area contributed by atoms with Crippen molar-refractivity contribution in [2.45, 2.75) is 38.4 Å². The van der Waals surface area contributed by atoms with Crippen molar-refractivity contribution in [1.82, 2.24) is 14.8 Å². The molecule has 0 unspecified atom stereocenters. The number of anilines is 1. The van der Waals surface area contributed by atoms with Gasteiger partial charge in [-0.2, -0.15) is 18.3 Å². The van der Waals surface area contributed by atoms with Gasteiger partial charge in [0.2, 0.25) is 5.91 Å². The third-order valence-corrected chi connectivity index (χ3v) is 4.45. The minimum Gasteiger partial charge on any atom is -0.309 e. The Labute approximate surface area is 143 Å². The van der Waals surface area contributed by atoms with Crippen molar-refractivity contribution in [3.63, 3.8) is 0 Å². The van der Waals surface area contributed by atoms with Gasteiger partial charge in [-0.3, -0.25) is 14.5 Å². The van der Waals surface area contributed by atoms with Gasteiger partial charge in [0.25, 0.3) is 0 Å². The van der Waals surface area contributed by atoms with E-state index in [0.29, 0.717) is 25.2 Å². The molecule has 0 saturated heterocycles. The summed E-state index contributed by atoms with van der Waals surface area (Å²) in [5.74, 6) is -2.06. The van der Waals surface area contributed by atoms with Crippen molar-refractivity contribution < 1.29 is 18.0 Å². The highest BCUT2D eigenvalue weighted by atomic mass is 19.4. The Morgan fingerprint density at radius 2 is 2.12 bits per heavy atom. The smallest absolute Gasteiger partial charge is 0.309 e. The van der Waals surface area contributed by atoms with Gasteiger partial charge in [-0.15, -0.1) is 0 Å². The van der Waals surface area contributed by atoms with Crippen LogP contribution in [0.15, 0.2) is 36.7 Å². The van der Waals surface area contributed by atoms with Gasteiger partial charge in [0.1, 0.15) is 0 Å². The summed E-state index contributed by atoms with van der Waals surface area (Å²) < 4.78 is 40.2. The lowest BCUT2D eigenvalue weighted by atomic mass is 9.80. The summed E-state index contributed by atoms with van der Waals surface area (Å²) in [5.41, 5.74) is 0.823. The van der Waals surface area contributed by atoms with Crippen LogP contribution < -0.4 is 5.32 Å². The summed E-state index contributed by atoms with van der Waals surface area (Å²) in [6.07, 6.45) is -0.00600. The highest BCUT2D eigenvalue weighted by molar-refractivity contribution is 5.91. The topological polar surface area (TPSA) is 59.8 Å². The molecule has 2 atom stereocenters. The maximum atomic E-state index is 12.9. The number of alkyl halides is 3. The van der Waals surface area contributed by atoms with Gasteiger partial charge in [0.05, 0.1) is 18.2 Å². The Kier molecular flexibility index (Phi) is 5.06. The fraction of sp³-hybridized carbons (Fsp3) is 0.471. The van der Waals surface area contributed by atoms with Crippen LogP contribution in [0.1, 0.15) is 31.4 Å². The number of nitrogens with zero attached hydrogens (tertiary/aromatic N) is 3. The number of pyridine rings is 1. The molecule has 134 valence electrons. The van der Waals surface area contributed by atoms with E-state index in [9.17, 15) is 18.0 Å². The third-order valence-electron chi connectivity index (χ3n) is 4.45. The molecule has 2 heterocycles. The van der Waals surface area contributed by atoms with E-state index in [1.807, 2.05) is 18.2 Å². The van der Waals surface area contributed by atoms with E-state index in [-0.39, 0.29) is 12.8 Å². The Morgan fingerprint density at radius 3 is 2.84 bits per heavy atom. The second-order valence-corrected chi connectivity index (χ2v) is 6.31. The van der Waals surface area contributed by atoms with Crippen LogP contribution in [0.5, 0.6) is 0 Å². The van der Waals surface area contributed by atoms with E-state index in [1.165, 1.54) is 0 Å². The van der Waals surface area contributed by atoms with E-state index in [4.69, 9.17) is 0 Å². The summed E-state index contributed by atoms with van der Waals surface area (Å²) >= 11 is 0. The van der Waals surface area contributed by atoms with Gasteiger partial charge < -0.3 is 5.32 Å². The highest BCUT2D eigenvalue weighted by Gasteiger charge is 2.43. The van der Waals surface area contributed by atoms with Crippen LogP contribution >= 0.6 is 0 Å². The summed E-state index contributed by atoms with van der Waals surface area (Å²) in [6, 6.07) is 7.18. The van der Waals surface area contributed by atoms with Gasteiger partial charge in [0, 0.05) is 24.4 Å². The molecule has 0 aromatic carbocycles. The molecule has 8 heteroatoms. The molecule has 0 aliphatic heterocycles. The predicted octanol–water partition coefficient (Wildman–Crippen LogP) is 3.63. The van der Waals surface area contributed by atoms with Gasteiger partial charge >= 0.3 is 6.18 Å². The van der Waals surface area contributed by atoms with Crippen LogP contribution in [-0.4, -0.2) is 26.8 Å². The molecular formula is C17H19F3N4O. The predicted molar refractivity (Wildman–Crippen MR) is 85.7 cm³/mol. The molecule has 0 spiro atoms. The summed E-state index contributed by atoms with van der Waals surface area (Å²) in [4.78, 5) is 16.5.